The summed E-state index contributed by atoms with van der Waals surface area (Å²) in [6, 6.07) is 0.680. The van der Waals surface area contributed by atoms with Crippen molar-refractivity contribution in [2.75, 3.05) is 6.61 Å². The minimum Gasteiger partial charge on any atom is -1.00 e. The molecule has 2 aliphatic rings. The van der Waals surface area contributed by atoms with Gasteiger partial charge in [-0.25, -0.2) is 0 Å². The molecule has 4 N–H and O–H groups in total. The molecule has 0 bridgehead atoms. The van der Waals surface area contributed by atoms with E-state index in [-0.39, 0.29) is 12.4 Å². The van der Waals surface area contributed by atoms with E-state index in [2.05, 4.69) is 5.73 Å². The molecule has 0 amide bonds. The fourth-order valence-corrected chi connectivity index (χ4v) is 1.80. The summed E-state index contributed by atoms with van der Waals surface area (Å²) >= 11 is 0. The van der Waals surface area contributed by atoms with Gasteiger partial charge in [0.25, 0.3) is 0 Å². The summed E-state index contributed by atoms with van der Waals surface area (Å²) in [7, 11) is 0. The lowest BCUT2D eigenvalue weighted by Crippen LogP contribution is -3.00. The summed E-state index contributed by atoms with van der Waals surface area (Å²) < 4.78 is 0. The zero-order valence-corrected chi connectivity index (χ0v) is 6.06. The van der Waals surface area contributed by atoms with E-state index in [4.69, 9.17) is 5.11 Å². The van der Waals surface area contributed by atoms with Gasteiger partial charge in [0.15, 0.2) is 0 Å². The van der Waals surface area contributed by atoms with Crippen molar-refractivity contribution >= 4 is 0 Å². The van der Waals surface area contributed by atoms with Crippen molar-refractivity contribution in [1.82, 2.24) is 0 Å². The lowest BCUT2D eigenvalue weighted by atomic mass is 10.3. The molecule has 2 aliphatic carbocycles. The summed E-state index contributed by atoms with van der Waals surface area (Å²) in [6.07, 6.45) is 2.52. The van der Waals surface area contributed by atoms with Crippen LogP contribution in [-0.4, -0.2) is 17.8 Å². The average molecular weight is 150 g/mol. The molecular formula is C6H12ClNO. The lowest BCUT2D eigenvalue weighted by Gasteiger charge is -1.83. The molecule has 3 heteroatoms. The van der Waals surface area contributed by atoms with Crippen LogP contribution < -0.4 is 18.1 Å². The van der Waals surface area contributed by atoms with Crippen LogP contribution in [0.1, 0.15) is 12.8 Å². The SMILES string of the molecule is [Cl-].[NH3+][C@H]1C[C@]12C[C@H]2CO. The van der Waals surface area contributed by atoms with E-state index in [0.717, 1.165) is 0 Å². The van der Waals surface area contributed by atoms with Gasteiger partial charge in [0.05, 0.1) is 6.04 Å². The van der Waals surface area contributed by atoms with Crippen molar-refractivity contribution in [3.63, 3.8) is 0 Å². The highest BCUT2D eigenvalue weighted by atomic mass is 35.5. The number of aliphatic hydroxyl groups excluding tert-OH is 1. The van der Waals surface area contributed by atoms with Crippen LogP contribution >= 0.6 is 0 Å². The summed E-state index contributed by atoms with van der Waals surface area (Å²) in [5.41, 5.74) is 4.52. The normalized spacial score (nSPS) is 52.7. The van der Waals surface area contributed by atoms with E-state index < -0.39 is 0 Å². The van der Waals surface area contributed by atoms with E-state index >= 15 is 0 Å². The minimum atomic E-state index is 0. The zero-order valence-electron chi connectivity index (χ0n) is 5.31. The van der Waals surface area contributed by atoms with Gasteiger partial charge in [0.1, 0.15) is 0 Å². The van der Waals surface area contributed by atoms with Gasteiger partial charge in [-0.3, -0.25) is 0 Å². The summed E-state index contributed by atoms with van der Waals surface area (Å²) in [4.78, 5) is 0. The van der Waals surface area contributed by atoms with Crippen LogP contribution in [0.5, 0.6) is 0 Å². The quantitative estimate of drug-likeness (QED) is 0.393. The smallest absolute Gasteiger partial charge is 0.0914 e. The first-order valence-electron chi connectivity index (χ1n) is 3.23. The molecule has 0 aromatic carbocycles. The van der Waals surface area contributed by atoms with Crippen molar-refractivity contribution in [2.24, 2.45) is 11.3 Å². The Balaban J connectivity index is 0.000000405. The molecule has 0 heterocycles. The summed E-state index contributed by atoms with van der Waals surface area (Å²) in [6.45, 7) is 0.395. The van der Waals surface area contributed by atoms with Crippen LogP contribution in [-0.2, 0) is 0 Å². The van der Waals surface area contributed by atoms with Gasteiger partial charge in [0.2, 0.25) is 0 Å². The molecule has 1 spiro atoms. The zero-order chi connectivity index (χ0) is 5.78. The first kappa shape index (κ1) is 7.32. The van der Waals surface area contributed by atoms with Gasteiger partial charge < -0.3 is 23.2 Å². The molecule has 2 fully saturated rings. The first-order valence-corrected chi connectivity index (χ1v) is 3.23. The second-order valence-electron chi connectivity index (χ2n) is 3.22. The molecule has 0 saturated heterocycles. The van der Waals surface area contributed by atoms with Gasteiger partial charge in [-0.05, 0) is 12.3 Å². The van der Waals surface area contributed by atoms with Crippen molar-refractivity contribution < 1.29 is 23.2 Å². The van der Waals surface area contributed by atoms with E-state index in [1.807, 2.05) is 0 Å². The van der Waals surface area contributed by atoms with Gasteiger partial charge in [-0.15, -0.1) is 0 Å². The van der Waals surface area contributed by atoms with Crippen LogP contribution in [0.3, 0.4) is 0 Å². The standard InChI is InChI=1S/C6H11NO.ClH/c7-5-2-6(5)1-4(6)3-8;/h4-5,8H,1-3,7H2;1H/t4-,5-,6-;/m0./s1. The Bertz CT molecular complexity index is 130. The largest absolute Gasteiger partial charge is 1.00 e. The number of quaternary nitrogens is 1. The predicted molar refractivity (Wildman–Crippen MR) is 28.9 cm³/mol. The third-order valence-electron chi connectivity index (χ3n) is 2.78. The van der Waals surface area contributed by atoms with E-state index in [0.29, 0.717) is 24.0 Å². The van der Waals surface area contributed by atoms with Crippen molar-refractivity contribution in [3.05, 3.63) is 0 Å². The number of hydrogen-bond donors (Lipinski definition) is 2. The van der Waals surface area contributed by atoms with Gasteiger partial charge in [0, 0.05) is 18.4 Å². The number of hydrogen-bond acceptors (Lipinski definition) is 1. The van der Waals surface area contributed by atoms with Gasteiger partial charge in [-0.2, -0.15) is 0 Å². The third-order valence-corrected chi connectivity index (χ3v) is 2.78. The third kappa shape index (κ3) is 0.775. The molecule has 2 rings (SSSR count). The Morgan fingerprint density at radius 1 is 1.56 bits per heavy atom. The van der Waals surface area contributed by atoms with Crippen LogP contribution in [0.25, 0.3) is 0 Å². The van der Waals surface area contributed by atoms with Crippen LogP contribution in [0, 0.1) is 11.3 Å². The molecule has 0 aromatic heterocycles. The van der Waals surface area contributed by atoms with Crippen molar-refractivity contribution in [3.8, 4) is 0 Å². The van der Waals surface area contributed by atoms with Crippen molar-refractivity contribution in [1.29, 1.82) is 0 Å². The highest BCUT2D eigenvalue weighted by Gasteiger charge is 2.71. The number of halogens is 1. The molecule has 0 radical (unpaired) electrons. The molecule has 2 nitrogen and oxygen atoms in total. The van der Waals surface area contributed by atoms with E-state index in [1.54, 1.807) is 0 Å². The monoisotopic (exact) mass is 149 g/mol. The predicted octanol–water partition coefficient (Wildman–Crippen LogP) is -4.00. The molecule has 0 aromatic rings. The highest BCUT2D eigenvalue weighted by Crippen LogP contribution is 2.68. The second-order valence-corrected chi connectivity index (χ2v) is 3.22. The maximum absolute atomic E-state index is 8.67. The van der Waals surface area contributed by atoms with Crippen LogP contribution in [0.15, 0.2) is 0 Å². The van der Waals surface area contributed by atoms with Crippen molar-refractivity contribution in [2.45, 2.75) is 18.9 Å². The fourth-order valence-electron chi connectivity index (χ4n) is 1.80. The Hall–Kier alpha value is 0.210. The minimum absolute atomic E-state index is 0. The van der Waals surface area contributed by atoms with E-state index in [1.165, 1.54) is 12.8 Å². The summed E-state index contributed by atoms with van der Waals surface area (Å²) in [5.74, 6) is 0.630. The molecule has 0 aliphatic heterocycles. The second kappa shape index (κ2) is 1.84. The Morgan fingerprint density at radius 3 is 2.22 bits per heavy atom. The average Bonchev–Trinajstić information content (AvgIpc) is 2.55. The maximum atomic E-state index is 8.67. The van der Waals surface area contributed by atoms with Crippen LogP contribution in [0.4, 0.5) is 0 Å². The summed E-state index contributed by atoms with van der Waals surface area (Å²) in [5, 5.41) is 8.67. The molecule has 9 heavy (non-hydrogen) atoms. The highest BCUT2D eigenvalue weighted by molar-refractivity contribution is 5.18. The maximum Gasteiger partial charge on any atom is 0.0914 e. The van der Waals surface area contributed by atoms with Crippen LogP contribution in [0.2, 0.25) is 0 Å². The van der Waals surface area contributed by atoms with Gasteiger partial charge in [-0.1, -0.05) is 0 Å². The molecular weight excluding hydrogens is 138 g/mol. The molecule has 0 unspecified atom stereocenters. The Labute approximate surface area is 60.8 Å². The fraction of sp³-hybridized carbons (Fsp3) is 1.00. The molecule has 3 atom stereocenters. The van der Waals surface area contributed by atoms with E-state index in [9.17, 15) is 0 Å². The molecule has 54 valence electrons. The Kier molecular flexibility index (Phi) is 1.50. The topological polar surface area (TPSA) is 47.9 Å². The Morgan fingerprint density at radius 2 is 2.11 bits per heavy atom. The van der Waals surface area contributed by atoms with Gasteiger partial charge >= 0.3 is 0 Å². The number of rotatable bonds is 1. The molecule has 2 saturated carbocycles. The lowest BCUT2D eigenvalue weighted by molar-refractivity contribution is -0.391. The number of aliphatic hydroxyl groups is 1. The first-order chi connectivity index (χ1) is 3.79.